The van der Waals surface area contributed by atoms with E-state index in [2.05, 4.69) is 15.5 Å². The molecule has 1 unspecified atom stereocenters. The fourth-order valence-electron chi connectivity index (χ4n) is 2.81. The van der Waals surface area contributed by atoms with Gasteiger partial charge < -0.3 is 10.6 Å². The van der Waals surface area contributed by atoms with E-state index in [9.17, 15) is 14.0 Å². The van der Waals surface area contributed by atoms with E-state index in [1.54, 1.807) is 19.1 Å². The molecule has 0 bridgehead atoms. The van der Waals surface area contributed by atoms with E-state index in [0.717, 1.165) is 32.6 Å². The molecule has 1 aliphatic rings. The molecule has 0 saturated carbocycles. The Bertz CT molecular complexity index is 630. The third-order valence-corrected chi connectivity index (χ3v) is 4.67. The van der Waals surface area contributed by atoms with Crippen LogP contribution < -0.4 is 10.6 Å². The molecule has 1 aromatic rings. The van der Waals surface area contributed by atoms with Crippen LogP contribution in [0.2, 0.25) is 0 Å². The Hall–Kier alpha value is -1.99. The summed E-state index contributed by atoms with van der Waals surface area (Å²) in [4.78, 5) is 28.2. The van der Waals surface area contributed by atoms with E-state index in [1.165, 1.54) is 6.07 Å². The molecule has 6 nitrogen and oxygen atoms in total. The molecule has 1 aliphatic heterocycles. The maximum absolute atomic E-state index is 13.5. The van der Waals surface area contributed by atoms with E-state index in [-0.39, 0.29) is 30.2 Å². The lowest BCUT2D eigenvalue weighted by Crippen LogP contribution is -2.51. The third kappa shape index (κ3) is 6.38. The first-order valence-corrected chi connectivity index (χ1v) is 9.17. The molecule has 2 N–H and O–H groups in total. The van der Waals surface area contributed by atoms with Crippen molar-refractivity contribution in [1.82, 2.24) is 15.1 Å². The number of amides is 2. The van der Waals surface area contributed by atoms with Crippen LogP contribution in [0, 0.1) is 12.7 Å². The minimum Gasteiger partial charge on any atom is -0.353 e. The molecular formula is C19H29FN4O2. The Morgan fingerprint density at radius 2 is 1.69 bits per heavy atom. The summed E-state index contributed by atoms with van der Waals surface area (Å²) >= 11 is 0. The van der Waals surface area contributed by atoms with E-state index in [4.69, 9.17) is 0 Å². The Balaban J connectivity index is 1.71. The Morgan fingerprint density at radius 3 is 2.23 bits per heavy atom. The van der Waals surface area contributed by atoms with Gasteiger partial charge >= 0.3 is 0 Å². The van der Waals surface area contributed by atoms with Crippen LogP contribution in [0.25, 0.3) is 0 Å². The number of benzene rings is 1. The second-order valence-electron chi connectivity index (χ2n) is 6.94. The number of carbonyl (C=O) groups excluding carboxylic acids is 2. The minimum absolute atomic E-state index is 0.0481. The molecular weight excluding hydrogens is 335 g/mol. The summed E-state index contributed by atoms with van der Waals surface area (Å²) in [5.74, 6) is -0.435. The predicted octanol–water partition coefficient (Wildman–Crippen LogP) is 1.60. The van der Waals surface area contributed by atoms with Crippen LogP contribution in [0.15, 0.2) is 18.2 Å². The minimum atomic E-state index is -0.327. The first-order valence-electron chi connectivity index (χ1n) is 9.17. The van der Waals surface area contributed by atoms with Gasteiger partial charge in [0.2, 0.25) is 11.8 Å². The Morgan fingerprint density at radius 1 is 1.12 bits per heavy atom. The summed E-state index contributed by atoms with van der Waals surface area (Å²) in [7, 11) is 0. The van der Waals surface area contributed by atoms with Crippen LogP contribution in [-0.4, -0.2) is 66.9 Å². The van der Waals surface area contributed by atoms with Gasteiger partial charge in [-0.2, -0.15) is 0 Å². The van der Waals surface area contributed by atoms with Gasteiger partial charge in [-0.1, -0.05) is 13.0 Å². The van der Waals surface area contributed by atoms with Gasteiger partial charge in [0.1, 0.15) is 5.82 Å². The monoisotopic (exact) mass is 364 g/mol. The second-order valence-corrected chi connectivity index (χ2v) is 6.94. The number of anilines is 1. The number of hydrogen-bond donors (Lipinski definition) is 2. The molecule has 0 spiro atoms. The van der Waals surface area contributed by atoms with Crippen LogP contribution in [0.4, 0.5) is 10.1 Å². The predicted molar refractivity (Wildman–Crippen MR) is 101 cm³/mol. The highest BCUT2D eigenvalue weighted by Crippen LogP contribution is 2.13. The number of piperazine rings is 1. The smallest absolute Gasteiger partial charge is 0.238 e. The molecule has 7 heteroatoms. The second kappa shape index (κ2) is 9.64. The van der Waals surface area contributed by atoms with Crippen molar-refractivity contribution < 1.29 is 14.0 Å². The maximum Gasteiger partial charge on any atom is 0.238 e. The van der Waals surface area contributed by atoms with E-state index >= 15 is 0 Å². The summed E-state index contributed by atoms with van der Waals surface area (Å²) in [6.07, 6.45) is 0.916. The topological polar surface area (TPSA) is 64.7 Å². The van der Waals surface area contributed by atoms with Gasteiger partial charge in [0.25, 0.3) is 0 Å². The van der Waals surface area contributed by atoms with Gasteiger partial charge in [0, 0.05) is 37.9 Å². The SMILES string of the molecule is CCC(C)NC(=O)CN1CCN(CC(=O)Nc2ccc(C)c(F)c2)CC1. The first-order chi connectivity index (χ1) is 12.4. The summed E-state index contributed by atoms with van der Waals surface area (Å²) in [6, 6.07) is 4.87. The summed E-state index contributed by atoms with van der Waals surface area (Å²) < 4.78 is 13.5. The van der Waals surface area contributed by atoms with Gasteiger partial charge in [-0.05, 0) is 38.0 Å². The molecule has 1 saturated heterocycles. The number of nitrogens with one attached hydrogen (secondary N) is 2. The van der Waals surface area contributed by atoms with E-state index < -0.39 is 0 Å². The zero-order valence-electron chi connectivity index (χ0n) is 15.8. The summed E-state index contributed by atoms with van der Waals surface area (Å²) in [5.41, 5.74) is 1.02. The Kier molecular flexibility index (Phi) is 7.53. The van der Waals surface area contributed by atoms with Crippen molar-refractivity contribution in [3.8, 4) is 0 Å². The molecule has 0 radical (unpaired) electrons. The lowest BCUT2D eigenvalue weighted by Gasteiger charge is -2.34. The van der Waals surface area contributed by atoms with Crippen molar-refractivity contribution in [3.63, 3.8) is 0 Å². The van der Waals surface area contributed by atoms with Gasteiger partial charge in [-0.15, -0.1) is 0 Å². The number of hydrogen-bond acceptors (Lipinski definition) is 4. The first kappa shape index (κ1) is 20.3. The number of rotatable bonds is 7. The zero-order valence-corrected chi connectivity index (χ0v) is 15.8. The number of halogens is 1. The van der Waals surface area contributed by atoms with Crippen LogP contribution in [0.5, 0.6) is 0 Å². The standard InChI is InChI=1S/C19H29FN4O2/c1-4-15(3)21-18(25)12-23-7-9-24(10-8-23)13-19(26)22-16-6-5-14(2)17(20)11-16/h5-6,11,15H,4,7-10,12-13H2,1-3H3,(H,21,25)(H,22,26). The van der Waals surface area contributed by atoms with Crippen molar-refractivity contribution in [3.05, 3.63) is 29.6 Å². The molecule has 2 amide bonds. The summed E-state index contributed by atoms with van der Waals surface area (Å²) in [5, 5.41) is 5.70. The van der Waals surface area contributed by atoms with Crippen LogP contribution in [0.3, 0.4) is 0 Å². The summed E-state index contributed by atoms with van der Waals surface area (Å²) in [6.45, 7) is 9.34. The van der Waals surface area contributed by atoms with E-state index in [1.807, 2.05) is 18.7 Å². The van der Waals surface area contributed by atoms with Gasteiger partial charge in [0.15, 0.2) is 0 Å². The van der Waals surface area contributed by atoms with Crippen molar-refractivity contribution >= 4 is 17.5 Å². The van der Waals surface area contributed by atoms with Crippen LogP contribution in [-0.2, 0) is 9.59 Å². The number of carbonyl (C=O) groups is 2. The Labute approximate surface area is 154 Å². The molecule has 144 valence electrons. The van der Waals surface area contributed by atoms with Crippen molar-refractivity contribution in [2.24, 2.45) is 0 Å². The average Bonchev–Trinajstić information content (AvgIpc) is 2.59. The largest absolute Gasteiger partial charge is 0.353 e. The van der Waals surface area contributed by atoms with Gasteiger partial charge in [-0.25, -0.2) is 4.39 Å². The molecule has 1 aromatic carbocycles. The highest BCUT2D eigenvalue weighted by Gasteiger charge is 2.21. The maximum atomic E-state index is 13.5. The molecule has 1 heterocycles. The molecule has 2 rings (SSSR count). The number of nitrogens with zero attached hydrogens (tertiary/aromatic N) is 2. The number of aryl methyl sites for hydroxylation is 1. The fraction of sp³-hybridized carbons (Fsp3) is 0.579. The van der Waals surface area contributed by atoms with Crippen LogP contribution >= 0.6 is 0 Å². The molecule has 0 aliphatic carbocycles. The lowest BCUT2D eigenvalue weighted by atomic mass is 10.2. The van der Waals surface area contributed by atoms with Crippen molar-refractivity contribution in [2.45, 2.75) is 33.2 Å². The molecule has 1 fully saturated rings. The van der Waals surface area contributed by atoms with Crippen molar-refractivity contribution in [2.75, 3.05) is 44.6 Å². The molecule has 26 heavy (non-hydrogen) atoms. The lowest BCUT2D eigenvalue weighted by molar-refractivity contribution is -0.124. The molecule has 0 aromatic heterocycles. The van der Waals surface area contributed by atoms with Gasteiger partial charge in [-0.3, -0.25) is 19.4 Å². The van der Waals surface area contributed by atoms with Crippen molar-refractivity contribution in [1.29, 1.82) is 0 Å². The van der Waals surface area contributed by atoms with Crippen LogP contribution in [0.1, 0.15) is 25.8 Å². The zero-order chi connectivity index (χ0) is 19.1. The van der Waals surface area contributed by atoms with E-state index in [0.29, 0.717) is 17.8 Å². The quantitative estimate of drug-likeness (QED) is 0.771. The fourth-order valence-corrected chi connectivity index (χ4v) is 2.81. The van der Waals surface area contributed by atoms with Gasteiger partial charge in [0.05, 0.1) is 13.1 Å². The third-order valence-electron chi connectivity index (χ3n) is 4.67. The normalized spacial score (nSPS) is 16.9. The highest BCUT2D eigenvalue weighted by atomic mass is 19.1. The molecule has 1 atom stereocenters. The highest BCUT2D eigenvalue weighted by molar-refractivity contribution is 5.92. The average molecular weight is 364 g/mol.